The van der Waals surface area contributed by atoms with E-state index in [9.17, 15) is 9.59 Å². The highest BCUT2D eigenvalue weighted by Crippen LogP contribution is 2.25. The molecule has 1 aromatic heterocycles. The van der Waals surface area contributed by atoms with Gasteiger partial charge in [-0.05, 0) is 44.0 Å². The maximum Gasteiger partial charge on any atom is 0.254 e. The maximum absolute atomic E-state index is 13.0. The molecule has 1 saturated carbocycles. The number of nitrogens with zero attached hydrogens (tertiary/aromatic N) is 2. The third kappa shape index (κ3) is 4.83. The topological polar surface area (TPSA) is 62.3 Å². The number of rotatable bonds is 5. The van der Waals surface area contributed by atoms with Crippen LogP contribution in [-0.4, -0.2) is 34.3 Å². The van der Waals surface area contributed by atoms with Crippen LogP contribution >= 0.6 is 22.9 Å². The molecular weight excluding hydrogens is 370 g/mol. The van der Waals surface area contributed by atoms with Crippen LogP contribution in [-0.2, 0) is 4.79 Å². The lowest BCUT2D eigenvalue weighted by molar-refractivity contribution is -0.117. The summed E-state index contributed by atoms with van der Waals surface area (Å²) < 4.78 is 0. The van der Waals surface area contributed by atoms with Crippen molar-refractivity contribution < 1.29 is 9.59 Å². The monoisotopic (exact) mass is 391 g/mol. The minimum Gasteiger partial charge on any atom is -0.326 e. The van der Waals surface area contributed by atoms with Crippen LogP contribution in [0.1, 0.15) is 48.2 Å². The zero-order valence-electron chi connectivity index (χ0n) is 14.7. The van der Waals surface area contributed by atoms with Crippen LogP contribution in [0.15, 0.2) is 29.6 Å². The van der Waals surface area contributed by atoms with Gasteiger partial charge in [-0.15, -0.1) is 11.3 Å². The molecule has 2 amide bonds. The first kappa shape index (κ1) is 18.9. The highest BCUT2D eigenvalue weighted by Gasteiger charge is 2.28. The van der Waals surface area contributed by atoms with Crippen LogP contribution in [0, 0.1) is 6.92 Å². The molecule has 1 heterocycles. The molecule has 0 unspecified atom stereocenters. The molecule has 5 nitrogen and oxygen atoms in total. The van der Waals surface area contributed by atoms with Gasteiger partial charge < -0.3 is 10.2 Å². The fourth-order valence-corrected chi connectivity index (χ4v) is 4.07. The first-order chi connectivity index (χ1) is 12.5. The van der Waals surface area contributed by atoms with Gasteiger partial charge in [-0.1, -0.05) is 30.9 Å². The number of hydrogen-bond acceptors (Lipinski definition) is 4. The number of halogens is 1. The third-order valence-electron chi connectivity index (χ3n) is 4.55. The van der Waals surface area contributed by atoms with Crippen LogP contribution < -0.4 is 5.32 Å². The Labute approximate surface area is 162 Å². The lowest BCUT2D eigenvalue weighted by Gasteiger charge is -2.34. The van der Waals surface area contributed by atoms with Gasteiger partial charge in [-0.25, -0.2) is 4.98 Å². The number of carbonyl (C=O) groups excluding carboxylic acids is 2. The second kappa shape index (κ2) is 8.64. The van der Waals surface area contributed by atoms with E-state index in [1.807, 2.05) is 12.3 Å². The highest BCUT2D eigenvalue weighted by molar-refractivity contribution is 7.13. The van der Waals surface area contributed by atoms with Crippen LogP contribution in [0.5, 0.6) is 0 Å². The fourth-order valence-electron chi connectivity index (χ4n) is 3.24. The van der Waals surface area contributed by atoms with Gasteiger partial charge >= 0.3 is 0 Å². The zero-order valence-corrected chi connectivity index (χ0v) is 16.3. The van der Waals surface area contributed by atoms with Gasteiger partial charge in [0.05, 0.1) is 5.69 Å². The summed E-state index contributed by atoms with van der Waals surface area (Å²) >= 11 is 7.31. The van der Waals surface area contributed by atoms with Gasteiger partial charge in [0.15, 0.2) is 5.13 Å². The molecule has 0 bridgehead atoms. The van der Waals surface area contributed by atoms with Gasteiger partial charge in [0.25, 0.3) is 5.91 Å². The quantitative estimate of drug-likeness (QED) is 0.815. The number of nitrogens with one attached hydrogen (secondary N) is 1. The highest BCUT2D eigenvalue weighted by atomic mass is 35.5. The molecular formula is C19H22ClN3O2S. The van der Waals surface area contributed by atoms with E-state index in [2.05, 4.69) is 10.3 Å². The number of thiazole rings is 1. The molecule has 0 saturated heterocycles. The molecule has 0 spiro atoms. The molecule has 1 fully saturated rings. The Morgan fingerprint density at radius 3 is 2.54 bits per heavy atom. The summed E-state index contributed by atoms with van der Waals surface area (Å²) in [6.45, 7) is 1.91. The predicted molar refractivity (Wildman–Crippen MR) is 105 cm³/mol. The van der Waals surface area contributed by atoms with Gasteiger partial charge in [0, 0.05) is 22.0 Å². The average molecular weight is 392 g/mol. The normalized spacial score (nSPS) is 14.8. The van der Waals surface area contributed by atoms with Crippen molar-refractivity contribution >= 4 is 39.9 Å². The molecule has 1 aromatic carbocycles. The maximum atomic E-state index is 13.0. The predicted octanol–water partition coefficient (Wildman–Crippen LogP) is 4.52. The Morgan fingerprint density at radius 1 is 1.23 bits per heavy atom. The Balaban J connectivity index is 1.75. The standard InChI is InChI=1S/C19H22ClN3O2S/c1-13-12-26-19(21-13)22-17(24)11-23(16-5-3-2-4-6-16)18(25)14-7-9-15(20)10-8-14/h7-10,12,16H,2-6,11H2,1H3,(H,21,22,24). The van der Waals surface area contributed by atoms with E-state index in [0.717, 1.165) is 31.4 Å². The summed E-state index contributed by atoms with van der Waals surface area (Å²) in [5, 5.41) is 5.83. The molecule has 1 N–H and O–H groups in total. The average Bonchev–Trinajstić information content (AvgIpc) is 3.05. The van der Waals surface area contributed by atoms with Crippen molar-refractivity contribution in [1.82, 2.24) is 9.88 Å². The van der Waals surface area contributed by atoms with Crippen LogP contribution in [0.4, 0.5) is 5.13 Å². The summed E-state index contributed by atoms with van der Waals surface area (Å²) in [5.41, 5.74) is 1.42. The number of amides is 2. The minimum atomic E-state index is -0.216. The molecule has 138 valence electrons. The molecule has 1 aliphatic rings. The molecule has 0 atom stereocenters. The number of benzene rings is 1. The largest absolute Gasteiger partial charge is 0.326 e. The summed E-state index contributed by atoms with van der Waals surface area (Å²) in [4.78, 5) is 31.5. The number of hydrogen-bond donors (Lipinski definition) is 1. The van der Waals surface area contributed by atoms with Gasteiger partial charge in [-0.3, -0.25) is 9.59 Å². The number of aryl methyl sites for hydroxylation is 1. The molecule has 26 heavy (non-hydrogen) atoms. The van der Waals surface area contributed by atoms with Crippen molar-refractivity contribution in [3.8, 4) is 0 Å². The SMILES string of the molecule is Cc1csc(NC(=O)CN(C(=O)c2ccc(Cl)cc2)C2CCCCC2)n1. The van der Waals surface area contributed by atoms with Gasteiger partial charge in [0.1, 0.15) is 6.54 Å². The van der Waals surface area contributed by atoms with Crippen molar-refractivity contribution in [2.75, 3.05) is 11.9 Å². The number of aromatic nitrogens is 1. The van der Waals surface area contributed by atoms with Crippen molar-refractivity contribution in [2.24, 2.45) is 0 Å². The van der Waals surface area contributed by atoms with Gasteiger partial charge in [-0.2, -0.15) is 0 Å². The summed E-state index contributed by atoms with van der Waals surface area (Å²) in [7, 11) is 0. The van der Waals surface area contributed by atoms with Gasteiger partial charge in [0.2, 0.25) is 5.91 Å². The summed E-state index contributed by atoms with van der Waals surface area (Å²) in [6.07, 6.45) is 5.22. The Kier molecular flexibility index (Phi) is 6.27. The Bertz CT molecular complexity index is 769. The van der Waals surface area contributed by atoms with E-state index in [-0.39, 0.29) is 24.4 Å². The Morgan fingerprint density at radius 2 is 1.92 bits per heavy atom. The fraction of sp³-hybridized carbons (Fsp3) is 0.421. The van der Waals surface area contributed by atoms with E-state index >= 15 is 0 Å². The minimum absolute atomic E-state index is 0.0325. The lowest BCUT2D eigenvalue weighted by atomic mass is 9.93. The molecule has 0 aliphatic heterocycles. The van der Waals surface area contributed by atoms with Crippen LogP contribution in [0.3, 0.4) is 0 Å². The van der Waals surface area contributed by atoms with Crippen LogP contribution in [0.25, 0.3) is 0 Å². The molecule has 3 rings (SSSR count). The third-order valence-corrected chi connectivity index (χ3v) is 5.67. The van der Waals surface area contributed by atoms with Crippen LogP contribution in [0.2, 0.25) is 5.02 Å². The molecule has 1 aliphatic carbocycles. The van der Waals surface area contributed by atoms with E-state index in [0.29, 0.717) is 15.7 Å². The summed E-state index contributed by atoms with van der Waals surface area (Å²) in [5.74, 6) is -0.341. The summed E-state index contributed by atoms with van der Waals surface area (Å²) in [6, 6.07) is 6.92. The number of carbonyl (C=O) groups is 2. The first-order valence-electron chi connectivity index (χ1n) is 8.81. The zero-order chi connectivity index (χ0) is 18.5. The van der Waals surface area contributed by atoms with E-state index in [4.69, 9.17) is 11.6 Å². The molecule has 7 heteroatoms. The smallest absolute Gasteiger partial charge is 0.254 e. The first-order valence-corrected chi connectivity index (χ1v) is 10.1. The second-order valence-electron chi connectivity index (χ2n) is 6.57. The van der Waals surface area contributed by atoms with E-state index in [1.165, 1.54) is 17.8 Å². The van der Waals surface area contributed by atoms with Crippen molar-refractivity contribution in [1.29, 1.82) is 0 Å². The lowest BCUT2D eigenvalue weighted by Crippen LogP contribution is -2.45. The van der Waals surface area contributed by atoms with E-state index < -0.39 is 0 Å². The van der Waals surface area contributed by atoms with Crippen molar-refractivity contribution in [3.05, 3.63) is 45.9 Å². The van der Waals surface area contributed by atoms with E-state index in [1.54, 1.807) is 29.2 Å². The number of anilines is 1. The molecule has 2 aromatic rings. The molecule has 0 radical (unpaired) electrons. The van der Waals surface area contributed by atoms with Crippen molar-refractivity contribution in [2.45, 2.75) is 45.1 Å². The Hall–Kier alpha value is -1.92. The van der Waals surface area contributed by atoms with Crippen molar-refractivity contribution in [3.63, 3.8) is 0 Å². The second-order valence-corrected chi connectivity index (χ2v) is 7.87.